The van der Waals surface area contributed by atoms with Crippen LogP contribution in [0.5, 0.6) is 0 Å². The van der Waals surface area contributed by atoms with E-state index in [9.17, 15) is 4.21 Å². The van der Waals surface area contributed by atoms with Crippen molar-refractivity contribution in [2.75, 3.05) is 5.75 Å². The van der Waals surface area contributed by atoms with Crippen LogP contribution in [0.25, 0.3) is 0 Å². The van der Waals surface area contributed by atoms with E-state index in [2.05, 4.69) is 6.92 Å². The van der Waals surface area contributed by atoms with Gasteiger partial charge < -0.3 is 0 Å². The van der Waals surface area contributed by atoms with Crippen molar-refractivity contribution in [3.8, 4) is 0 Å². The second-order valence-corrected chi connectivity index (χ2v) is 6.30. The molecule has 1 aliphatic heterocycles. The van der Waals surface area contributed by atoms with Crippen LogP contribution in [-0.4, -0.2) is 15.2 Å². The molecular formula is C10H18OS. The molecule has 12 heavy (non-hydrogen) atoms. The SMILES string of the molecule is CC1CC2CCCCC2CS1=O. The lowest BCUT2D eigenvalue weighted by atomic mass is 9.77. The molecule has 0 aromatic carbocycles. The number of fused-ring (bicyclic) bond motifs is 1. The minimum Gasteiger partial charge on any atom is -0.259 e. The maximum absolute atomic E-state index is 11.6. The third-order valence-corrected chi connectivity index (χ3v) is 5.38. The van der Waals surface area contributed by atoms with Gasteiger partial charge >= 0.3 is 0 Å². The van der Waals surface area contributed by atoms with Gasteiger partial charge in [-0.15, -0.1) is 0 Å². The predicted octanol–water partition coefficient (Wildman–Crippen LogP) is 2.33. The zero-order valence-corrected chi connectivity index (χ0v) is 8.61. The number of rotatable bonds is 0. The minimum atomic E-state index is -0.503. The summed E-state index contributed by atoms with van der Waals surface area (Å²) < 4.78 is 11.6. The van der Waals surface area contributed by atoms with Crippen LogP contribution in [0, 0.1) is 11.8 Å². The van der Waals surface area contributed by atoms with Crippen LogP contribution < -0.4 is 0 Å². The van der Waals surface area contributed by atoms with Crippen LogP contribution in [0.2, 0.25) is 0 Å². The highest BCUT2D eigenvalue weighted by atomic mass is 32.2. The first-order chi connectivity index (χ1) is 5.77. The van der Waals surface area contributed by atoms with Crippen LogP contribution in [0.3, 0.4) is 0 Å². The van der Waals surface area contributed by atoms with Crippen molar-refractivity contribution in [2.45, 2.75) is 44.3 Å². The van der Waals surface area contributed by atoms with E-state index >= 15 is 0 Å². The Morgan fingerprint density at radius 3 is 2.58 bits per heavy atom. The van der Waals surface area contributed by atoms with E-state index in [0.717, 1.165) is 17.6 Å². The molecule has 1 heterocycles. The molecule has 0 aromatic rings. The summed E-state index contributed by atoms with van der Waals surface area (Å²) >= 11 is 0. The van der Waals surface area contributed by atoms with Gasteiger partial charge in [-0.2, -0.15) is 0 Å². The summed E-state index contributed by atoms with van der Waals surface area (Å²) in [7, 11) is -0.503. The Balaban J connectivity index is 2.02. The zero-order chi connectivity index (χ0) is 8.55. The van der Waals surface area contributed by atoms with Gasteiger partial charge in [0.05, 0.1) is 0 Å². The normalized spacial score (nSPS) is 48.4. The van der Waals surface area contributed by atoms with Gasteiger partial charge in [0.25, 0.3) is 0 Å². The summed E-state index contributed by atoms with van der Waals surface area (Å²) in [4.78, 5) is 0. The third-order valence-electron chi connectivity index (χ3n) is 3.53. The molecule has 1 saturated carbocycles. The Bertz CT molecular complexity index is 190. The second-order valence-electron chi connectivity index (χ2n) is 4.40. The Hall–Kier alpha value is 0.150. The molecule has 0 radical (unpaired) electrons. The van der Waals surface area contributed by atoms with Crippen LogP contribution in [0.1, 0.15) is 39.0 Å². The highest BCUT2D eigenvalue weighted by Crippen LogP contribution is 2.38. The van der Waals surface area contributed by atoms with Gasteiger partial charge in [-0.1, -0.05) is 26.2 Å². The van der Waals surface area contributed by atoms with Gasteiger partial charge in [0, 0.05) is 21.8 Å². The topological polar surface area (TPSA) is 17.1 Å². The summed E-state index contributed by atoms with van der Waals surface area (Å²) in [6.07, 6.45) is 6.79. The summed E-state index contributed by atoms with van der Waals surface area (Å²) in [5, 5.41) is 0.476. The molecule has 2 aliphatic rings. The number of hydrogen-bond acceptors (Lipinski definition) is 1. The molecule has 0 amide bonds. The summed E-state index contributed by atoms with van der Waals surface area (Å²) in [5.41, 5.74) is 0. The fraction of sp³-hybridized carbons (Fsp3) is 1.00. The largest absolute Gasteiger partial charge is 0.259 e. The van der Waals surface area contributed by atoms with Crippen LogP contribution in [0.15, 0.2) is 0 Å². The van der Waals surface area contributed by atoms with Crippen molar-refractivity contribution in [1.29, 1.82) is 0 Å². The fourth-order valence-corrected chi connectivity index (χ4v) is 4.37. The van der Waals surface area contributed by atoms with Crippen molar-refractivity contribution >= 4 is 10.8 Å². The molecule has 0 bridgehead atoms. The highest BCUT2D eigenvalue weighted by Gasteiger charge is 2.34. The molecule has 0 spiro atoms. The molecule has 1 nitrogen and oxygen atoms in total. The first-order valence-corrected chi connectivity index (χ1v) is 6.53. The standard InChI is InChI=1S/C10H18OS/c1-8-6-9-4-2-3-5-10(9)7-12(8)11/h8-10H,2-7H2,1H3. The van der Waals surface area contributed by atoms with Gasteiger partial charge in [-0.25, -0.2) is 0 Å². The lowest BCUT2D eigenvalue weighted by Gasteiger charge is -2.37. The van der Waals surface area contributed by atoms with Gasteiger partial charge in [-0.05, 0) is 24.7 Å². The van der Waals surface area contributed by atoms with Crippen molar-refractivity contribution in [2.24, 2.45) is 11.8 Å². The molecule has 4 unspecified atom stereocenters. The van der Waals surface area contributed by atoms with E-state index in [4.69, 9.17) is 0 Å². The summed E-state index contributed by atoms with van der Waals surface area (Å²) in [6.45, 7) is 2.15. The average Bonchev–Trinajstić information content (AvgIpc) is 2.07. The molecule has 2 fully saturated rings. The minimum absolute atomic E-state index is 0.476. The third kappa shape index (κ3) is 1.59. The lowest BCUT2D eigenvalue weighted by molar-refractivity contribution is 0.235. The Labute approximate surface area is 77.4 Å². The zero-order valence-electron chi connectivity index (χ0n) is 7.79. The molecule has 1 saturated heterocycles. The van der Waals surface area contributed by atoms with E-state index in [1.165, 1.54) is 32.1 Å². The van der Waals surface area contributed by atoms with E-state index in [1.807, 2.05) is 0 Å². The lowest BCUT2D eigenvalue weighted by Crippen LogP contribution is -2.36. The molecule has 2 rings (SSSR count). The van der Waals surface area contributed by atoms with Gasteiger partial charge in [0.2, 0.25) is 0 Å². The van der Waals surface area contributed by atoms with E-state index < -0.39 is 10.8 Å². The van der Waals surface area contributed by atoms with Crippen molar-refractivity contribution < 1.29 is 4.21 Å². The van der Waals surface area contributed by atoms with Crippen molar-refractivity contribution in [1.82, 2.24) is 0 Å². The predicted molar refractivity (Wildman–Crippen MR) is 52.5 cm³/mol. The molecule has 70 valence electrons. The molecule has 4 atom stereocenters. The fourth-order valence-electron chi connectivity index (χ4n) is 2.72. The second kappa shape index (κ2) is 3.49. The van der Waals surface area contributed by atoms with Crippen LogP contribution in [0.4, 0.5) is 0 Å². The van der Waals surface area contributed by atoms with Crippen LogP contribution in [-0.2, 0) is 10.8 Å². The first kappa shape index (κ1) is 8.74. The van der Waals surface area contributed by atoms with Gasteiger partial charge in [-0.3, -0.25) is 4.21 Å². The van der Waals surface area contributed by atoms with E-state index in [1.54, 1.807) is 0 Å². The summed E-state index contributed by atoms with van der Waals surface area (Å²) in [5.74, 6) is 2.74. The molecule has 0 aromatic heterocycles. The number of hydrogen-bond donors (Lipinski definition) is 0. The molecule has 2 heteroatoms. The average molecular weight is 186 g/mol. The smallest absolute Gasteiger partial charge is 0.0322 e. The quantitative estimate of drug-likeness (QED) is 0.567. The maximum atomic E-state index is 11.6. The first-order valence-electron chi connectivity index (χ1n) is 5.14. The van der Waals surface area contributed by atoms with Crippen molar-refractivity contribution in [3.05, 3.63) is 0 Å². The monoisotopic (exact) mass is 186 g/mol. The van der Waals surface area contributed by atoms with Crippen molar-refractivity contribution in [3.63, 3.8) is 0 Å². The van der Waals surface area contributed by atoms with Gasteiger partial charge in [0.15, 0.2) is 0 Å². The Morgan fingerprint density at radius 2 is 1.83 bits per heavy atom. The van der Waals surface area contributed by atoms with Crippen LogP contribution >= 0.6 is 0 Å². The summed E-state index contributed by atoms with van der Waals surface area (Å²) in [6, 6.07) is 0. The van der Waals surface area contributed by atoms with E-state index in [0.29, 0.717) is 5.25 Å². The molecular weight excluding hydrogens is 168 g/mol. The Kier molecular flexibility index (Phi) is 2.54. The van der Waals surface area contributed by atoms with Gasteiger partial charge in [0.1, 0.15) is 0 Å². The Morgan fingerprint density at radius 1 is 1.17 bits per heavy atom. The highest BCUT2D eigenvalue weighted by molar-refractivity contribution is 7.85. The molecule has 0 N–H and O–H groups in total. The maximum Gasteiger partial charge on any atom is 0.0322 e. The molecule has 1 aliphatic carbocycles. The van der Waals surface area contributed by atoms with E-state index in [-0.39, 0.29) is 0 Å².